The zero-order chi connectivity index (χ0) is 10.5. The molecule has 0 aliphatic rings. The molecule has 0 fully saturated rings. The van der Waals surface area contributed by atoms with Gasteiger partial charge < -0.3 is 5.32 Å². The van der Waals surface area contributed by atoms with Gasteiger partial charge in [0.05, 0.1) is 5.52 Å². The van der Waals surface area contributed by atoms with Crippen molar-refractivity contribution in [2.24, 2.45) is 0 Å². The predicted octanol–water partition coefficient (Wildman–Crippen LogP) is 3.22. The van der Waals surface area contributed by atoms with Gasteiger partial charge in [-0.2, -0.15) is 0 Å². The summed E-state index contributed by atoms with van der Waals surface area (Å²) in [7, 11) is 0. The zero-order valence-corrected chi connectivity index (χ0v) is 8.77. The maximum absolute atomic E-state index is 4.31. The van der Waals surface area contributed by atoms with Crippen molar-refractivity contribution >= 4 is 16.6 Å². The summed E-state index contributed by atoms with van der Waals surface area (Å²) in [6.45, 7) is 2.87. The van der Waals surface area contributed by atoms with Gasteiger partial charge in [-0.3, -0.25) is 4.98 Å². The Morgan fingerprint density at radius 2 is 2.13 bits per heavy atom. The van der Waals surface area contributed by atoms with Crippen molar-refractivity contribution in [2.75, 3.05) is 11.9 Å². The van der Waals surface area contributed by atoms with Gasteiger partial charge in [-0.1, -0.05) is 30.4 Å². The Kier molecular flexibility index (Phi) is 2.98. The van der Waals surface area contributed by atoms with Gasteiger partial charge in [-0.05, 0) is 19.1 Å². The third kappa shape index (κ3) is 2.15. The van der Waals surface area contributed by atoms with Gasteiger partial charge >= 0.3 is 0 Å². The highest BCUT2D eigenvalue weighted by atomic mass is 14.9. The predicted molar refractivity (Wildman–Crippen MR) is 65.0 cm³/mol. The molecule has 0 unspecified atom stereocenters. The van der Waals surface area contributed by atoms with Gasteiger partial charge in [0, 0.05) is 23.8 Å². The first-order chi connectivity index (χ1) is 7.42. The Labute approximate surface area is 89.7 Å². The topological polar surface area (TPSA) is 24.9 Å². The fourth-order valence-corrected chi connectivity index (χ4v) is 1.54. The van der Waals surface area contributed by atoms with Crippen LogP contribution in [0.15, 0.2) is 48.7 Å². The molecule has 0 saturated heterocycles. The highest BCUT2D eigenvalue weighted by molar-refractivity contribution is 5.90. The van der Waals surface area contributed by atoms with E-state index in [0.29, 0.717) is 0 Å². The molecular formula is C13H14N2. The summed E-state index contributed by atoms with van der Waals surface area (Å²) in [5, 5.41) is 4.53. The number of rotatable bonds is 3. The van der Waals surface area contributed by atoms with Crippen molar-refractivity contribution < 1.29 is 0 Å². The summed E-state index contributed by atoms with van der Waals surface area (Å²) in [6, 6.07) is 10.2. The van der Waals surface area contributed by atoms with Crippen LogP contribution in [-0.4, -0.2) is 11.5 Å². The molecule has 0 aliphatic heterocycles. The van der Waals surface area contributed by atoms with Crippen LogP contribution in [0.3, 0.4) is 0 Å². The number of hydrogen-bond donors (Lipinski definition) is 1. The maximum Gasteiger partial charge on any atom is 0.0722 e. The zero-order valence-electron chi connectivity index (χ0n) is 8.77. The molecule has 0 saturated carbocycles. The van der Waals surface area contributed by atoms with E-state index < -0.39 is 0 Å². The number of fused-ring (bicyclic) bond motifs is 1. The number of aromatic nitrogens is 1. The fourth-order valence-electron chi connectivity index (χ4n) is 1.54. The average molecular weight is 198 g/mol. The smallest absolute Gasteiger partial charge is 0.0722 e. The summed E-state index contributed by atoms with van der Waals surface area (Å²) in [5.41, 5.74) is 2.17. The number of nitrogens with one attached hydrogen (secondary N) is 1. The SMILES string of the molecule is CC=CCNc1ccnc2ccccc12. The Morgan fingerprint density at radius 1 is 1.27 bits per heavy atom. The van der Waals surface area contributed by atoms with Crippen LogP contribution in [0.25, 0.3) is 10.9 Å². The Morgan fingerprint density at radius 3 is 3.00 bits per heavy atom. The summed E-state index contributed by atoms with van der Waals surface area (Å²) in [5.74, 6) is 0. The fraction of sp³-hybridized carbons (Fsp3) is 0.154. The standard InChI is InChI=1S/C13H14N2/c1-2-3-9-14-13-8-10-15-12-7-5-4-6-11(12)13/h2-8,10H,9H2,1H3,(H,14,15). The normalized spacial score (nSPS) is 11.0. The molecule has 1 heterocycles. The Bertz CT molecular complexity index is 469. The number of hydrogen-bond acceptors (Lipinski definition) is 2. The van der Waals surface area contributed by atoms with Crippen molar-refractivity contribution in [1.29, 1.82) is 0 Å². The summed E-state index contributed by atoms with van der Waals surface area (Å²) in [4.78, 5) is 4.31. The number of benzene rings is 1. The molecule has 1 aromatic heterocycles. The van der Waals surface area contributed by atoms with E-state index in [9.17, 15) is 0 Å². The summed E-state index contributed by atoms with van der Waals surface area (Å²) >= 11 is 0. The first-order valence-electron chi connectivity index (χ1n) is 5.10. The van der Waals surface area contributed by atoms with Crippen LogP contribution in [0.4, 0.5) is 5.69 Å². The molecule has 1 aromatic carbocycles. The van der Waals surface area contributed by atoms with Crippen molar-refractivity contribution in [2.45, 2.75) is 6.92 Å². The third-order valence-electron chi connectivity index (χ3n) is 2.30. The minimum absolute atomic E-state index is 0.852. The van der Waals surface area contributed by atoms with E-state index in [1.807, 2.05) is 43.5 Å². The molecule has 2 nitrogen and oxygen atoms in total. The molecule has 0 atom stereocenters. The molecule has 0 spiro atoms. The molecule has 0 radical (unpaired) electrons. The molecule has 2 rings (SSSR count). The third-order valence-corrected chi connectivity index (χ3v) is 2.30. The van der Waals surface area contributed by atoms with Gasteiger partial charge in [0.25, 0.3) is 0 Å². The number of anilines is 1. The molecule has 15 heavy (non-hydrogen) atoms. The minimum atomic E-state index is 0.852. The van der Waals surface area contributed by atoms with E-state index in [1.165, 1.54) is 5.39 Å². The van der Waals surface area contributed by atoms with Crippen molar-refractivity contribution in [1.82, 2.24) is 4.98 Å². The molecule has 0 amide bonds. The molecule has 0 aliphatic carbocycles. The molecule has 2 heteroatoms. The lowest BCUT2D eigenvalue weighted by Gasteiger charge is -2.06. The first kappa shape index (κ1) is 9.71. The van der Waals surface area contributed by atoms with Crippen molar-refractivity contribution in [3.8, 4) is 0 Å². The summed E-state index contributed by atoms with van der Waals surface area (Å²) in [6.07, 6.45) is 5.96. The van der Waals surface area contributed by atoms with E-state index >= 15 is 0 Å². The quantitative estimate of drug-likeness (QED) is 0.766. The van der Waals surface area contributed by atoms with Gasteiger partial charge in [-0.25, -0.2) is 0 Å². The first-order valence-corrected chi connectivity index (χ1v) is 5.10. The van der Waals surface area contributed by atoms with Gasteiger partial charge in [-0.15, -0.1) is 0 Å². The largest absolute Gasteiger partial charge is 0.381 e. The van der Waals surface area contributed by atoms with Crippen LogP contribution in [0.5, 0.6) is 0 Å². The number of para-hydroxylation sites is 1. The Hall–Kier alpha value is -1.83. The summed E-state index contributed by atoms with van der Waals surface area (Å²) < 4.78 is 0. The van der Waals surface area contributed by atoms with Gasteiger partial charge in [0.1, 0.15) is 0 Å². The minimum Gasteiger partial charge on any atom is -0.381 e. The lowest BCUT2D eigenvalue weighted by atomic mass is 10.2. The van der Waals surface area contributed by atoms with Gasteiger partial charge in [0.2, 0.25) is 0 Å². The van der Waals surface area contributed by atoms with E-state index in [-0.39, 0.29) is 0 Å². The molecule has 1 N–H and O–H groups in total. The second-order valence-corrected chi connectivity index (χ2v) is 3.33. The molecular weight excluding hydrogens is 184 g/mol. The van der Waals surface area contributed by atoms with Gasteiger partial charge in [0.15, 0.2) is 0 Å². The van der Waals surface area contributed by atoms with Crippen LogP contribution in [-0.2, 0) is 0 Å². The number of nitrogens with zero attached hydrogens (tertiary/aromatic N) is 1. The van der Waals surface area contributed by atoms with Crippen LogP contribution in [0.1, 0.15) is 6.92 Å². The van der Waals surface area contributed by atoms with E-state index in [2.05, 4.69) is 22.4 Å². The van der Waals surface area contributed by atoms with E-state index in [1.54, 1.807) is 0 Å². The average Bonchev–Trinajstić information content (AvgIpc) is 2.30. The molecule has 2 aromatic rings. The molecule has 0 bridgehead atoms. The highest BCUT2D eigenvalue weighted by Crippen LogP contribution is 2.20. The lowest BCUT2D eigenvalue weighted by molar-refractivity contribution is 1.32. The Balaban J connectivity index is 2.34. The second-order valence-electron chi connectivity index (χ2n) is 3.33. The second kappa shape index (κ2) is 4.60. The van der Waals surface area contributed by atoms with Crippen LogP contribution < -0.4 is 5.32 Å². The van der Waals surface area contributed by atoms with Crippen molar-refractivity contribution in [3.05, 3.63) is 48.7 Å². The van der Waals surface area contributed by atoms with Crippen LogP contribution in [0.2, 0.25) is 0 Å². The maximum atomic E-state index is 4.31. The van der Waals surface area contributed by atoms with Crippen LogP contribution in [0, 0.1) is 0 Å². The number of pyridine rings is 1. The highest BCUT2D eigenvalue weighted by Gasteiger charge is 1.98. The van der Waals surface area contributed by atoms with Crippen molar-refractivity contribution in [3.63, 3.8) is 0 Å². The van der Waals surface area contributed by atoms with E-state index in [4.69, 9.17) is 0 Å². The van der Waals surface area contributed by atoms with Crippen LogP contribution >= 0.6 is 0 Å². The number of allylic oxidation sites excluding steroid dienone is 1. The lowest BCUT2D eigenvalue weighted by Crippen LogP contribution is -1.98. The monoisotopic (exact) mass is 198 g/mol. The van der Waals surface area contributed by atoms with E-state index in [0.717, 1.165) is 17.7 Å². The molecule has 76 valence electrons.